The average molecular weight is 376 g/mol. The number of nitrogens with one attached hydrogen (secondary N) is 2. The Morgan fingerprint density at radius 3 is 2.58 bits per heavy atom. The summed E-state index contributed by atoms with van der Waals surface area (Å²) in [4.78, 5) is 23.9. The average Bonchev–Trinajstić information content (AvgIpc) is 3.01. The van der Waals surface area contributed by atoms with E-state index in [1.165, 1.54) is 17.6 Å². The highest BCUT2D eigenvalue weighted by atomic mass is 35.5. The number of hydrazone groups is 1. The highest BCUT2D eigenvalue weighted by Crippen LogP contribution is 2.36. The Balaban J connectivity index is 2.00. The van der Waals surface area contributed by atoms with Crippen LogP contribution < -0.4 is 10.7 Å². The van der Waals surface area contributed by atoms with Gasteiger partial charge in [-0.15, -0.1) is 11.3 Å². The lowest BCUT2D eigenvalue weighted by Gasteiger charge is -2.11. The predicted molar refractivity (Wildman–Crippen MR) is 85.1 cm³/mol. The van der Waals surface area contributed by atoms with E-state index in [1.807, 2.05) is 10.7 Å². The minimum Gasteiger partial charge on any atom is -0.318 e. The maximum Gasteiger partial charge on any atom is 0.417 e. The quantitative estimate of drug-likeness (QED) is 0.489. The minimum atomic E-state index is -4.68. The SMILES string of the molecule is O=C(NN=Cc1cccs1)C(=O)Nc1ccc(Cl)c(C(F)(F)F)c1. The van der Waals surface area contributed by atoms with Crippen LogP contribution in [0.15, 0.2) is 40.8 Å². The van der Waals surface area contributed by atoms with Gasteiger partial charge in [-0.05, 0) is 29.6 Å². The van der Waals surface area contributed by atoms with Crippen LogP contribution in [0.2, 0.25) is 5.02 Å². The number of rotatable bonds is 3. The molecule has 1 aromatic carbocycles. The Hall–Kier alpha value is -2.39. The molecule has 2 amide bonds. The van der Waals surface area contributed by atoms with Crippen molar-refractivity contribution in [2.24, 2.45) is 5.10 Å². The summed E-state index contributed by atoms with van der Waals surface area (Å²) in [5.41, 5.74) is 0.647. The van der Waals surface area contributed by atoms with Gasteiger partial charge in [0.1, 0.15) is 0 Å². The van der Waals surface area contributed by atoms with E-state index in [4.69, 9.17) is 11.6 Å². The van der Waals surface area contributed by atoms with Crippen LogP contribution >= 0.6 is 22.9 Å². The molecule has 1 heterocycles. The zero-order chi connectivity index (χ0) is 17.7. The highest BCUT2D eigenvalue weighted by Gasteiger charge is 2.33. The number of halogens is 4. The van der Waals surface area contributed by atoms with Crippen LogP contribution in [-0.2, 0) is 15.8 Å². The molecule has 0 fully saturated rings. The smallest absolute Gasteiger partial charge is 0.318 e. The Morgan fingerprint density at radius 1 is 1.21 bits per heavy atom. The summed E-state index contributed by atoms with van der Waals surface area (Å²) in [6.45, 7) is 0. The Labute approximate surface area is 143 Å². The van der Waals surface area contributed by atoms with Crippen LogP contribution in [0.4, 0.5) is 18.9 Å². The van der Waals surface area contributed by atoms with Crippen molar-refractivity contribution in [2.75, 3.05) is 5.32 Å². The molecule has 0 bridgehead atoms. The fourth-order valence-corrected chi connectivity index (χ4v) is 2.39. The van der Waals surface area contributed by atoms with Crippen LogP contribution in [0.3, 0.4) is 0 Å². The summed E-state index contributed by atoms with van der Waals surface area (Å²) in [6.07, 6.45) is -3.34. The van der Waals surface area contributed by atoms with Crippen molar-refractivity contribution in [3.05, 3.63) is 51.2 Å². The van der Waals surface area contributed by atoms with E-state index in [0.29, 0.717) is 6.07 Å². The number of alkyl halides is 3. The van der Waals surface area contributed by atoms with Crippen LogP contribution in [0.25, 0.3) is 0 Å². The summed E-state index contributed by atoms with van der Waals surface area (Å²) < 4.78 is 38.2. The second-order valence-corrected chi connectivity index (χ2v) is 5.75. The van der Waals surface area contributed by atoms with Crippen molar-refractivity contribution < 1.29 is 22.8 Å². The normalized spacial score (nSPS) is 11.5. The lowest BCUT2D eigenvalue weighted by Crippen LogP contribution is -2.32. The molecule has 0 saturated heterocycles. The van der Waals surface area contributed by atoms with Gasteiger partial charge in [0, 0.05) is 10.6 Å². The first-order valence-electron chi connectivity index (χ1n) is 6.32. The molecule has 5 nitrogen and oxygen atoms in total. The van der Waals surface area contributed by atoms with Gasteiger partial charge < -0.3 is 5.32 Å². The number of hydrogen-bond acceptors (Lipinski definition) is 4. The van der Waals surface area contributed by atoms with E-state index in [1.54, 1.807) is 17.5 Å². The molecular weight excluding hydrogens is 367 g/mol. The van der Waals surface area contributed by atoms with Gasteiger partial charge in [0.2, 0.25) is 0 Å². The first-order chi connectivity index (χ1) is 11.3. The second kappa shape index (κ2) is 7.45. The molecule has 0 radical (unpaired) electrons. The van der Waals surface area contributed by atoms with E-state index in [2.05, 4.69) is 5.10 Å². The highest BCUT2D eigenvalue weighted by molar-refractivity contribution is 7.11. The first-order valence-corrected chi connectivity index (χ1v) is 7.58. The van der Waals surface area contributed by atoms with E-state index in [0.717, 1.165) is 17.0 Å². The van der Waals surface area contributed by atoms with Crippen LogP contribution in [-0.4, -0.2) is 18.0 Å². The second-order valence-electron chi connectivity index (χ2n) is 4.36. The van der Waals surface area contributed by atoms with Crippen molar-refractivity contribution in [1.29, 1.82) is 0 Å². The number of hydrogen-bond donors (Lipinski definition) is 2. The molecule has 0 saturated carbocycles. The van der Waals surface area contributed by atoms with Crippen molar-refractivity contribution in [3.63, 3.8) is 0 Å². The monoisotopic (exact) mass is 375 g/mol. The van der Waals surface area contributed by atoms with Gasteiger partial charge >= 0.3 is 18.0 Å². The third kappa shape index (κ3) is 4.80. The summed E-state index contributed by atoms with van der Waals surface area (Å²) >= 11 is 6.84. The number of carbonyl (C=O) groups is 2. The number of benzene rings is 1. The van der Waals surface area contributed by atoms with Crippen LogP contribution in [0.5, 0.6) is 0 Å². The van der Waals surface area contributed by atoms with Crippen molar-refractivity contribution >= 4 is 46.7 Å². The summed E-state index contributed by atoms with van der Waals surface area (Å²) in [6, 6.07) is 6.29. The van der Waals surface area contributed by atoms with Gasteiger partial charge in [-0.25, -0.2) is 5.43 Å². The predicted octanol–water partition coefficient (Wildman–Crippen LogP) is 3.51. The molecule has 0 aliphatic heterocycles. The number of anilines is 1. The van der Waals surface area contributed by atoms with Crippen LogP contribution in [0, 0.1) is 0 Å². The summed E-state index contributed by atoms with van der Waals surface area (Å²) in [7, 11) is 0. The van der Waals surface area contributed by atoms with Gasteiger partial charge in [-0.2, -0.15) is 18.3 Å². The maximum absolute atomic E-state index is 12.7. The first kappa shape index (κ1) is 18.0. The van der Waals surface area contributed by atoms with E-state index >= 15 is 0 Å². The fourth-order valence-electron chi connectivity index (χ4n) is 1.58. The van der Waals surface area contributed by atoms with Crippen molar-refractivity contribution in [1.82, 2.24) is 5.43 Å². The minimum absolute atomic E-state index is 0.214. The van der Waals surface area contributed by atoms with Gasteiger partial charge in [0.25, 0.3) is 0 Å². The third-order valence-corrected chi connectivity index (χ3v) is 3.77. The molecule has 0 atom stereocenters. The summed E-state index contributed by atoms with van der Waals surface area (Å²) in [5.74, 6) is -2.28. The standard InChI is InChI=1S/C14H9ClF3N3O2S/c15-11-4-3-8(6-10(11)14(16,17)18)20-12(22)13(23)21-19-7-9-2-1-5-24-9/h1-7H,(H,20,22)(H,21,23). The van der Waals surface area contributed by atoms with Gasteiger partial charge in [-0.1, -0.05) is 17.7 Å². The van der Waals surface area contributed by atoms with E-state index in [-0.39, 0.29) is 5.69 Å². The Morgan fingerprint density at radius 2 is 1.96 bits per heavy atom. The zero-order valence-corrected chi connectivity index (χ0v) is 13.3. The van der Waals surface area contributed by atoms with Gasteiger partial charge in [0.05, 0.1) is 16.8 Å². The molecule has 0 unspecified atom stereocenters. The van der Waals surface area contributed by atoms with Crippen LogP contribution in [0.1, 0.15) is 10.4 Å². The fraction of sp³-hybridized carbons (Fsp3) is 0.0714. The maximum atomic E-state index is 12.7. The number of nitrogens with zero attached hydrogens (tertiary/aromatic N) is 1. The largest absolute Gasteiger partial charge is 0.417 e. The lowest BCUT2D eigenvalue weighted by molar-refractivity contribution is -0.137. The molecule has 2 N–H and O–H groups in total. The zero-order valence-electron chi connectivity index (χ0n) is 11.7. The molecular formula is C14H9ClF3N3O2S. The Kier molecular flexibility index (Phi) is 5.58. The number of thiophene rings is 1. The molecule has 2 aromatic rings. The Bertz CT molecular complexity index is 776. The van der Waals surface area contributed by atoms with E-state index < -0.39 is 28.6 Å². The molecule has 0 spiro atoms. The molecule has 10 heteroatoms. The molecule has 2 rings (SSSR count). The topological polar surface area (TPSA) is 70.6 Å². The molecule has 0 aliphatic rings. The number of amides is 2. The van der Waals surface area contributed by atoms with Gasteiger partial charge in [0.15, 0.2) is 0 Å². The summed E-state index contributed by atoms with van der Waals surface area (Å²) in [5, 5.41) is 6.91. The lowest BCUT2D eigenvalue weighted by atomic mass is 10.2. The number of carbonyl (C=O) groups excluding carboxylic acids is 2. The molecule has 126 valence electrons. The van der Waals surface area contributed by atoms with E-state index in [9.17, 15) is 22.8 Å². The van der Waals surface area contributed by atoms with Gasteiger partial charge in [-0.3, -0.25) is 9.59 Å². The van der Waals surface area contributed by atoms with Crippen molar-refractivity contribution in [2.45, 2.75) is 6.18 Å². The molecule has 0 aliphatic carbocycles. The molecule has 24 heavy (non-hydrogen) atoms. The molecule has 1 aromatic heterocycles. The third-order valence-electron chi connectivity index (χ3n) is 2.64. The van der Waals surface area contributed by atoms with Crippen molar-refractivity contribution in [3.8, 4) is 0 Å².